The highest BCUT2D eigenvalue weighted by Crippen LogP contribution is 2.03. The maximum Gasteiger partial charge on any atom is 0.341 e. The molecule has 1 atom stereocenters. The van der Waals surface area contributed by atoms with Gasteiger partial charge in [0.15, 0.2) is 0 Å². The SMILES string of the molecule is C=C(C)C(=O)OC(=O)C(C)=CCC(C)O. The summed E-state index contributed by atoms with van der Waals surface area (Å²) >= 11 is 0. The van der Waals surface area contributed by atoms with Crippen LogP contribution in [0.25, 0.3) is 0 Å². The predicted molar refractivity (Wildman–Crippen MR) is 56.0 cm³/mol. The summed E-state index contributed by atoms with van der Waals surface area (Å²) in [5.74, 6) is -1.44. The Labute approximate surface area is 89.2 Å². The smallest absolute Gasteiger partial charge is 0.341 e. The van der Waals surface area contributed by atoms with Crippen LogP contribution in [0.5, 0.6) is 0 Å². The van der Waals surface area contributed by atoms with Gasteiger partial charge in [0.25, 0.3) is 0 Å². The molecular weight excluding hydrogens is 196 g/mol. The summed E-state index contributed by atoms with van der Waals surface area (Å²) in [6.45, 7) is 7.95. The van der Waals surface area contributed by atoms with Crippen molar-refractivity contribution in [2.75, 3.05) is 0 Å². The molecule has 4 nitrogen and oxygen atoms in total. The largest absolute Gasteiger partial charge is 0.393 e. The molecule has 0 saturated heterocycles. The lowest BCUT2D eigenvalue weighted by Crippen LogP contribution is -2.13. The van der Waals surface area contributed by atoms with E-state index in [2.05, 4.69) is 11.3 Å². The van der Waals surface area contributed by atoms with Crippen LogP contribution < -0.4 is 0 Å². The Morgan fingerprint density at radius 3 is 2.33 bits per heavy atom. The van der Waals surface area contributed by atoms with E-state index in [0.717, 1.165) is 0 Å². The summed E-state index contributed by atoms with van der Waals surface area (Å²) in [7, 11) is 0. The maximum absolute atomic E-state index is 11.2. The third kappa shape index (κ3) is 5.80. The van der Waals surface area contributed by atoms with Crippen LogP contribution >= 0.6 is 0 Å². The van der Waals surface area contributed by atoms with Crippen molar-refractivity contribution in [3.05, 3.63) is 23.8 Å². The van der Waals surface area contributed by atoms with Crippen molar-refractivity contribution in [2.45, 2.75) is 33.3 Å². The minimum absolute atomic E-state index is 0.173. The summed E-state index contributed by atoms with van der Waals surface area (Å²) in [6, 6.07) is 0. The van der Waals surface area contributed by atoms with Crippen LogP contribution in [0.15, 0.2) is 23.8 Å². The van der Waals surface area contributed by atoms with Gasteiger partial charge in [-0.1, -0.05) is 12.7 Å². The molecule has 4 heteroatoms. The molecule has 0 aromatic rings. The molecule has 0 bridgehead atoms. The Morgan fingerprint density at radius 1 is 1.40 bits per heavy atom. The van der Waals surface area contributed by atoms with Crippen LogP contribution in [0.3, 0.4) is 0 Å². The highest BCUT2D eigenvalue weighted by atomic mass is 16.6. The van der Waals surface area contributed by atoms with E-state index in [1.54, 1.807) is 6.92 Å². The second-order valence-corrected chi connectivity index (χ2v) is 3.43. The minimum atomic E-state index is -0.732. The van der Waals surface area contributed by atoms with Gasteiger partial charge in [0.05, 0.1) is 6.10 Å². The van der Waals surface area contributed by atoms with Crippen LogP contribution in [0.2, 0.25) is 0 Å². The first kappa shape index (κ1) is 13.6. The molecule has 0 saturated carbocycles. The van der Waals surface area contributed by atoms with Gasteiger partial charge >= 0.3 is 11.9 Å². The van der Waals surface area contributed by atoms with E-state index < -0.39 is 18.0 Å². The summed E-state index contributed by atoms with van der Waals surface area (Å²) in [4.78, 5) is 22.2. The molecule has 0 rings (SSSR count). The molecule has 0 aliphatic heterocycles. The van der Waals surface area contributed by atoms with Crippen molar-refractivity contribution in [1.29, 1.82) is 0 Å². The Hall–Kier alpha value is -1.42. The molecule has 0 spiro atoms. The van der Waals surface area contributed by atoms with Crippen molar-refractivity contribution in [3.8, 4) is 0 Å². The second kappa shape index (κ2) is 6.14. The maximum atomic E-state index is 11.2. The number of rotatable bonds is 4. The summed E-state index contributed by atoms with van der Waals surface area (Å²) < 4.78 is 4.48. The fraction of sp³-hybridized carbons (Fsp3) is 0.455. The molecular formula is C11H16O4. The molecule has 0 aliphatic carbocycles. The first-order chi connectivity index (χ1) is 6.84. The van der Waals surface area contributed by atoms with Gasteiger partial charge in [-0.3, -0.25) is 0 Å². The van der Waals surface area contributed by atoms with Crippen molar-refractivity contribution in [1.82, 2.24) is 0 Å². The molecule has 0 heterocycles. The monoisotopic (exact) mass is 212 g/mol. The van der Waals surface area contributed by atoms with E-state index in [-0.39, 0.29) is 5.57 Å². The van der Waals surface area contributed by atoms with Crippen LogP contribution in [0, 0.1) is 0 Å². The Balaban J connectivity index is 4.27. The lowest BCUT2D eigenvalue weighted by atomic mass is 10.2. The average Bonchev–Trinajstić information content (AvgIpc) is 2.13. The van der Waals surface area contributed by atoms with E-state index in [1.165, 1.54) is 19.9 Å². The highest BCUT2D eigenvalue weighted by molar-refractivity contribution is 6.00. The van der Waals surface area contributed by atoms with Gasteiger partial charge in [0.2, 0.25) is 0 Å². The standard InChI is InChI=1S/C11H16O4/c1-7(2)10(13)15-11(14)8(3)5-6-9(4)12/h5,9,12H,1,6H2,2-4H3. The fourth-order valence-electron chi connectivity index (χ4n) is 0.682. The van der Waals surface area contributed by atoms with Gasteiger partial charge in [-0.25, -0.2) is 9.59 Å². The van der Waals surface area contributed by atoms with Crippen molar-refractivity contribution in [3.63, 3.8) is 0 Å². The minimum Gasteiger partial charge on any atom is -0.393 e. The van der Waals surface area contributed by atoms with E-state index >= 15 is 0 Å². The third-order valence-corrected chi connectivity index (χ3v) is 1.62. The van der Waals surface area contributed by atoms with Crippen LogP contribution in [-0.4, -0.2) is 23.1 Å². The molecule has 0 fully saturated rings. The molecule has 1 N–H and O–H groups in total. The number of aliphatic hydroxyl groups excluding tert-OH is 1. The van der Waals surface area contributed by atoms with Gasteiger partial charge in [0, 0.05) is 11.1 Å². The fourth-order valence-corrected chi connectivity index (χ4v) is 0.682. The van der Waals surface area contributed by atoms with Crippen LogP contribution in [0.1, 0.15) is 27.2 Å². The molecule has 0 aromatic heterocycles. The summed E-state index contributed by atoms with van der Waals surface area (Å²) in [5, 5.41) is 8.98. The van der Waals surface area contributed by atoms with Gasteiger partial charge in [-0.05, 0) is 27.2 Å². The summed E-state index contributed by atoms with van der Waals surface area (Å²) in [6.07, 6.45) is 1.35. The normalized spacial score (nSPS) is 13.2. The van der Waals surface area contributed by atoms with E-state index in [0.29, 0.717) is 12.0 Å². The third-order valence-electron chi connectivity index (χ3n) is 1.62. The second-order valence-electron chi connectivity index (χ2n) is 3.43. The first-order valence-electron chi connectivity index (χ1n) is 4.61. The molecule has 15 heavy (non-hydrogen) atoms. The Bertz CT molecular complexity index is 300. The van der Waals surface area contributed by atoms with Crippen LogP contribution in [0.4, 0.5) is 0 Å². The van der Waals surface area contributed by atoms with Gasteiger partial charge < -0.3 is 9.84 Å². The number of carbonyl (C=O) groups is 2. The zero-order chi connectivity index (χ0) is 12.0. The Morgan fingerprint density at radius 2 is 1.93 bits per heavy atom. The molecule has 0 aliphatic rings. The molecule has 0 radical (unpaired) electrons. The van der Waals surface area contributed by atoms with Crippen LogP contribution in [-0.2, 0) is 14.3 Å². The van der Waals surface area contributed by atoms with Gasteiger partial charge in [-0.15, -0.1) is 0 Å². The average molecular weight is 212 g/mol. The van der Waals surface area contributed by atoms with E-state index in [4.69, 9.17) is 5.11 Å². The molecule has 0 amide bonds. The quantitative estimate of drug-likeness (QED) is 0.434. The number of ether oxygens (including phenoxy) is 1. The number of hydrogen-bond donors (Lipinski definition) is 1. The zero-order valence-corrected chi connectivity index (χ0v) is 9.24. The Kier molecular flexibility index (Phi) is 5.56. The lowest BCUT2D eigenvalue weighted by Gasteiger charge is -2.03. The molecule has 1 unspecified atom stereocenters. The number of carbonyl (C=O) groups excluding carboxylic acids is 2. The molecule has 0 aromatic carbocycles. The van der Waals surface area contributed by atoms with Crippen molar-refractivity contribution in [2.24, 2.45) is 0 Å². The van der Waals surface area contributed by atoms with Gasteiger partial charge in [-0.2, -0.15) is 0 Å². The van der Waals surface area contributed by atoms with E-state index in [9.17, 15) is 9.59 Å². The first-order valence-corrected chi connectivity index (χ1v) is 4.61. The summed E-state index contributed by atoms with van der Waals surface area (Å²) in [5.41, 5.74) is 0.470. The van der Waals surface area contributed by atoms with Crippen molar-refractivity contribution >= 4 is 11.9 Å². The number of hydrogen-bond acceptors (Lipinski definition) is 4. The van der Waals surface area contributed by atoms with E-state index in [1.807, 2.05) is 0 Å². The molecule has 84 valence electrons. The number of aliphatic hydroxyl groups is 1. The van der Waals surface area contributed by atoms with Gasteiger partial charge in [0.1, 0.15) is 0 Å². The predicted octanol–water partition coefficient (Wildman–Crippen LogP) is 1.35. The highest BCUT2D eigenvalue weighted by Gasteiger charge is 2.12. The zero-order valence-electron chi connectivity index (χ0n) is 9.24. The van der Waals surface area contributed by atoms with Crippen molar-refractivity contribution < 1.29 is 19.4 Å². The topological polar surface area (TPSA) is 63.6 Å². The lowest BCUT2D eigenvalue weighted by molar-refractivity contribution is -0.153. The number of esters is 2.